The van der Waals surface area contributed by atoms with E-state index in [1.807, 2.05) is 6.20 Å². The molecule has 0 atom stereocenters. The fraction of sp³-hybridized carbons (Fsp3) is 0.643. The Bertz CT molecular complexity index is 370. The molecule has 1 aromatic heterocycles. The summed E-state index contributed by atoms with van der Waals surface area (Å²) in [5.74, 6) is 1.82. The van der Waals surface area contributed by atoms with Gasteiger partial charge in [0.15, 0.2) is 0 Å². The van der Waals surface area contributed by atoms with Crippen LogP contribution in [0.15, 0.2) is 12.3 Å². The molecule has 0 radical (unpaired) electrons. The summed E-state index contributed by atoms with van der Waals surface area (Å²) in [4.78, 5) is 4.52. The van der Waals surface area contributed by atoms with Gasteiger partial charge < -0.3 is 10.6 Å². The number of aromatic nitrogens is 1. The van der Waals surface area contributed by atoms with Crippen LogP contribution in [0.2, 0.25) is 0 Å². The minimum absolute atomic E-state index is 0.545. The van der Waals surface area contributed by atoms with Crippen LogP contribution in [-0.2, 0) is 0 Å². The number of hydrogen-bond donors (Lipinski definition) is 2. The van der Waals surface area contributed by atoms with Gasteiger partial charge in [-0.2, -0.15) is 0 Å². The fourth-order valence-corrected chi connectivity index (χ4v) is 1.96. The summed E-state index contributed by atoms with van der Waals surface area (Å²) >= 11 is 0. The van der Waals surface area contributed by atoms with E-state index in [4.69, 9.17) is 0 Å². The van der Waals surface area contributed by atoms with Crippen LogP contribution in [0.5, 0.6) is 0 Å². The smallest absolute Gasteiger partial charge is 0.128 e. The van der Waals surface area contributed by atoms with E-state index >= 15 is 0 Å². The molecule has 0 aromatic carbocycles. The number of rotatable bonds is 6. The summed E-state index contributed by atoms with van der Waals surface area (Å²) in [6.07, 6.45) is 4.71. The molecular weight excluding hydrogens is 210 g/mol. The van der Waals surface area contributed by atoms with Crippen LogP contribution in [0.1, 0.15) is 43.7 Å². The van der Waals surface area contributed by atoms with Crippen molar-refractivity contribution < 1.29 is 0 Å². The lowest BCUT2D eigenvalue weighted by Gasteiger charge is -2.11. The van der Waals surface area contributed by atoms with Crippen molar-refractivity contribution in [1.82, 2.24) is 10.3 Å². The Balaban J connectivity index is 1.83. The summed E-state index contributed by atoms with van der Waals surface area (Å²) in [6, 6.07) is 2.83. The van der Waals surface area contributed by atoms with Gasteiger partial charge in [-0.3, -0.25) is 0 Å². The summed E-state index contributed by atoms with van der Waals surface area (Å²) < 4.78 is 0. The second kappa shape index (κ2) is 5.50. The van der Waals surface area contributed by atoms with Gasteiger partial charge in [-0.05, 0) is 36.8 Å². The number of nitrogens with one attached hydrogen (secondary N) is 2. The van der Waals surface area contributed by atoms with E-state index in [0.717, 1.165) is 24.8 Å². The molecule has 17 heavy (non-hydrogen) atoms. The molecule has 1 aliphatic carbocycles. The van der Waals surface area contributed by atoms with Crippen molar-refractivity contribution in [2.75, 3.05) is 18.4 Å². The van der Waals surface area contributed by atoms with E-state index in [0.29, 0.717) is 6.04 Å². The number of aryl methyl sites for hydroxylation is 1. The highest BCUT2D eigenvalue weighted by molar-refractivity contribution is 5.45. The van der Waals surface area contributed by atoms with Crippen molar-refractivity contribution in [2.24, 2.45) is 0 Å². The Morgan fingerprint density at radius 1 is 1.35 bits per heavy atom. The van der Waals surface area contributed by atoms with Crippen LogP contribution >= 0.6 is 0 Å². The number of nitrogens with zero attached hydrogens (tertiary/aromatic N) is 1. The summed E-state index contributed by atoms with van der Waals surface area (Å²) in [7, 11) is 0. The Labute approximate surface area is 104 Å². The predicted molar refractivity (Wildman–Crippen MR) is 72.6 cm³/mol. The SMILES string of the molecule is Cc1cc(C2CC2)cnc1NCCNC(C)C. The van der Waals surface area contributed by atoms with Gasteiger partial charge in [-0.25, -0.2) is 4.98 Å². The second-order valence-corrected chi connectivity index (χ2v) is 5.24. The lowest BCUT2D eigenvalue weighted by molar-refractivity contribution is 0.602. The van der Waals surface area contributed by atoms with Crippen LogP contribution in [-0.4, -0.2) is 24.1 Å². The van der Waals surface area contributed by atoms with Crippen molar-refractivity contribution in [3.8, 4) is 0 Å². The Morgan fingerprint density at radius 3 is 2.71 bits per heavy atom. The third-order valence-corrected chi connectivity index (χ3v) is 3.12. The molecular formula is C14H23N3. The largest absolute Gasteiger partial charge is 0.369 e. The van der Waals surface area contributed by atoms with Gasteiger partial charge in [-0.1, -0.05) is 19.9 Å². The topological polar surface area (TPSA) is 37.0 Å². The number of hydrogen-bond acceptors (Lipinski definition) is 3. The standard InChI is InChI=1S/C14H23N3/c1-10(2)15-6-7-16-14-11(3)8-13(9-17-14)12-4-5-12/h8-10,12,15H,4-7H2,1-3H3,(H,16,17). The second-order valence-electron chi connectivity index (χ2n) is 5.24. The number of anilines is 1. The van der Waals surface area contributed by atoms with E-state index in [-0.39, 0.29) is 0 Å². The first-order chi connectivity index (χ1) is 8.16. The van der Waals surface area contributed by atoms with Crippen molar-refractivity contribution in [3.63, 3.8) is 0 Å². The lowest BCUT2D eigenvalue weighted by Crippen LogP contribution is -2.28. The maximum Gasteiger partial charge on any atom is 0.128 e. The molecule has 2 N–H and O–H groups in total. The van der Waals surface area contributed by atoms with Crippen LogP contribution in [0.3, 0.4) is 0 Å². The maximum absolute atomic E-state index is 4.52. The van der Waals surface area contributed by atoms with E-state index in [1.165, 1.54) is 24.0 Å². The van der Waals surface area contributed by atoms with E-state index in [1.54, 1.807) is 0 Å². The highest BCUT2D eigenvalue weighted by atomic mass is 15.0. The Kier molecular flexibility index (Phi) is 4.00. The lowest BCUT2D eigenvalue weighted by atomic mass is 10.1. The molecule has 0 saturated heterocycles. The van der Waals surface area contributed by atoms with Gasteiger partial charge >= 0.3 is 0 Å². The van der Waals surface area contributed by atoms with Gasteiger partial charge in [0.1, 0.15) is 5.82 Å². The molecule has 0 bridgehead atoms. The third-order valence-electron chi connectivity index (χ3n) is 3.12. The van der Waals surface area contributed by atoms with Crippen LogP contribution in [0, 0.1) is 6.92 Å². The first-order valence-corrected chi connectivity index (χ1v) is 6.60. The minimum Gasteiger partial charge on any atom is -0.369 e. The zero-order valence-electron chi connectivity index (χ0n) is 11.1. The van der Waals surface area contributed by atoms with E-state index < -0.39 is 0 Å². The molecule has 1 saturated carbocycles. The van der Waals surface area contributed by atoms with Crippen LogP contribution < -0.4 is 10.6 Å². The van der Waals surface area contributed by atoms with Gasteiger partial charge in [0.25, 0.3) is 0 Å². The molecule has 1 aliphatic rings. The fourth-order valence-electron chi connectivity index (χ4n) is 1.96. The summed E-state index contributed by atoms with van der Waals surface area (Å²) in [5.41, 5.74) is 2.67. The predicted octanol–water partition coefficient (Wildman–Crippen LogP) is 2.68. The van der Waals surface area contributed by atoms with Crippen molar-refractivity contribution in [1.29, 1.82) is 0 Å². The average molecular weight is 233 g/mol. The molecule has 94 valence electrons. The van der Waals surface area contributed by atoms with E-state index in [2.05, 4.69) is 42.5 Å². The average Bonchev–Trinajstić information content (AvgIpc) is 3.09. The molecule has 0 aliphatic heterocycles. The Hall–Kier alpha value is -1.09. The van der Waals surface area contributed by atoms with Gasteiger partial charge in [0, 0.05) is 25.3 Å². The summed E-state index contributed by atoms with van der Waals surface area (Å²) in [6.45, 7) is 8.36. The van der Waals surface area contributed by atoms with E-state index in [9.17, 15) is 0 Å². The molecule has 3 heteroatoms. The normalized spacial score (nSPS) is 15.3. The molecule has 1 heterocycles. The minimum atomic E-state index is 0.545. The Morgan fingerprint density at radius 2 is 2.12 bits per heavy atom. The maximum atomic E-state index is 4.52. The van der Waals surface area contributed by atoms with Gasteiger partial charge in [0.05, 0.1) is 0 Å². The van der Waals surface area contributed by atoms with Crippen molar-refractivity contribution >= 4 is 5.82 Å². The summed E-state index contributed by atoms with van der Waals surface area (Å²) in [5, 5.41) is 6.77. The number of pyridine rings is 1. The zero-order valence-corrected chi connectivity index (χ0v) is 11.1. The van der Waals surface area contributed by atoms with Crippen molar-refractivity contribution in [2.45, 2.75) is 45.6 Å². The third kappa shape index (κ3) is 3.70. The van der Waals surface area contributed by atoms with Gasteiger partial charge in [-0.15, -0.1) is 0 Å². The molecule has 1 fully saturated rings. The highest BCUT2D eigenvalue weighted by Gasteiger charge is 2.24. The van der Waals surface area contributed by atoms with Gasteiger partial charge in [0.2, 0.25) is 0 Å². The monoisotopic (exact) mass is 233 g/mol. The molecule has 0 spiro atoms. The first-order valence-electron chi connectivity index (χ1n) is 6.60. The quantitative estimate of drug-likeness (QED) is 0.742. The van der Waals surface area contributed by atoms with Crippen LogP contribution in [0.4, 0.5) is 5.82 Å². The molecule has 2 rings (SSSR count). The molecule has 0 unspecified atom stereocenters. The molecule has 1 aromatic rings. The first kappa shape index (κ1) is 12.4. The molecule has 0 amide bonds. The highest BCUT2D eigenvalue weighted by Crippen LogP contribution is 2.40. The molecule has 3 nitrogen and oxygen atoms in total. The van der Waals surface area contributed by atoms with Crippen LogP contribution in [0.25, 0.3) is 0 Å². The zero-order chi connectivity index (χ0) is 12.3. The van der Waals surface area contributed by atoms with Crippen molar-refractivity contribution in [3.05, 3.63) is 23.4 Å².